The van der Waals surface area contributed by atoms with Crippen molar-refractivity contribution in [3.8, 4) is 0 Å². The first-order valence-corrected chi connectivity index (χ1v) is 7.04. The van der Waals surface area contributed by atoms with Crippen LogP contribution in [0.2, 0.25) is 0 Å². The summed E-state index contributed by atoms with van der Waals surface area (Å²) in [6, 6.07) is 0. The van der Waals surface area contributed by atoms with Gasteiger partial charge in [0.1, 0.15) is 5.41 Å². The van der Waals surface area contributed by atoms with E-state index in [0.29, 0.717) is 31.8 Å². The predicted molar refractivity (Wildman–Crippen MR) is 68.6 cm³/mol. The van der Waals surface area contributed by atoms with E-state index in [1.165, 1.54) is 0 Å². The molecule has 2 nitrogen and oxygen atoms in total. The molecule has 0 unspecified atom stereocenters. The molecule has 0 spiro atoms. The lowest BCUT2D eigenvalue weighted by Crippen LogP contribution is -2.48. The van der Waals surface area contributed by atoms with Crippen LogP contribution in [0.5, 0.6) is 0 Å². The second-order valence-electron chi connectivity index (χ2n) is 5.47. The monoisotopic (exact) mass is 261 g/mol. The van der Waals surface area contributed by atoms with Gasteiger partial charge >= 0.3 is 0 Å². The first kappa shape index (κ1) is 15.4. The molecule has 18 heavy (non-hydrogen) atoms. The maximum Gasteiger partial charge on any atom is 0.259 e. The van der Waals surface area contributed by atoms with E-state index >= 15 is 0 Å². The summed E-state index contributed by atoms with van der Waals surface area (Å²) in [4.78, 5) is 13.8. The van der Waals surface area contributed by atoms with Crippen LogP contribution in [0, 0.1) is 11.3 Å². The van der Waals surface area contributed by atoms with E-state index in [2.05, 4.69) is 6.92 Å². The van der Waals surface area contributed by atoms with Crippen LogP contribution in [0.4, 0.5) is 8.78 Å². The number of amides is 1. The van der Waals surface area contributed by atoms with E-state index in [4.69, 9.17) is 0 Å². The Bertz CT molecular complexity index is 295. The normalized spacial score (nSPS) is 26.1. The van der Waals surface area contributed by atoms with Gasteiger partial charge in [-0.15, -0.1) is 0 Å². The Morgan fingerprint density at radius 1 is 1.33 bits per heavy atom. The van der Waals surface area contributed by atoms with Crippen LogP contribution in [0.3, 0.4) is 0 Å². The molecule has 1 saturated heterocycles. The molecular weight excluding hydrogens is 236 g/mol. The summed E-state index contributed by atoms with van der Waals surface area (Å²) in [6.07, 6.45) is 2.73. The molecule has 1 amide bonds. The zero-order chi connectivity index (χ0) is 14.0. The molecule has 0 aromatic rings. The van der Waals surface area contributed by atoms with Gasteiger partial charge in [0.2, 0.25) is 5.91 Å². The second-order valence-corrected chi connectivity index (χ2v) is 5.47. The van der Waals surface area contributed by atoms with Crippen LogP contribution in [0.1, 0.15) is 53.4 Å². The van der Waals surface area contributed by atoms with Gasteiger partial charge in [-0.3, -0.25) is 4.79 Å². The van der Waals surface area contributed by atoms with Crippen LogP contribution in [0.25, 0.3) is 0 Å². The van der Waals surface area contributed by atoms with Crippen molar-refractivity contribution in [1.29, 1.82) is 0 Å². The molecular formula is C14H25F2NO. The molecule has 2 aliphatic rings. The van der Waals surface area contributed by atoms with Gasteiger partial charge in [-0.1, -0.05) is 20.8 Å². The van der Waals surface area contributed by atoms with Crippen LogP contribution >= 0.6 is 0 Å². The lowest BCUT2D eigenvalue weighted by Gasteiger charge is -2.35. The minimum atomic E-state index is -2.87. The van der Waals surface area contributed by atoms with E-state index in [-0.39, 0.29) is 5.91 Å². The van der Waals surface area contributed by atoms with Crippen molar-refractivity contribution >= 4 is 5.91 Å². The van der Waals surface area contributed by atoms with E-state index < -0.39 is 11.3 Å². The Morgan fingerprint density at radius 2 is 1.89 bits per heavy atom. The molecule has 1 aliphatic heterocycles. The predicted octanol–water partition coefficient (Wildman–Crippen LogP) is 3.71. The number of piperidine rings is 1. The maximum atomic E-state index is 13.4. The number of hydrogen-bond donors (Lipinski definition) is 0. The van der Waals surface area contributed by atoms with Gasteiger partial charge < -0.3 is 4.90 Å². The Balaban J connectivity index is 0.000000771. The third-order valence-corrected chi connectivity index (χ3v) is 3.94. The highest BCUT2D eigenvalue weighted by Gasteiger charge is 2.65. The summed E-state index contributed by atoms with van der Waals surface area (Å²) in [5, 5.41) is 0. The number of likely N-dealkylation sites (tertiary alicyclic amines) is 1. The van der Waals surface area contributed by atoms with Crippen LogP contribution in [-0.2, 0) is 4.79 Å². The van der Waals surface area contributed by atoms with Gasteiger partial charge in [0, 0.05) is 20.0 Å². The number of carbonyl (C=O) groups is 1. The topological polar surface area (TPSA) is 20.3 Å². The molecule has 0 radical (unpaired) electrons. The average molecular weight is 261 g/mol. The Labute approximate surface area is 109 Å². The first-order valence-electron chi connectivity index (χ1n) is 7.04. The van der Waals surface area contributed by atoms with Crippen molar-refractivity contribution in [3.05, 3.63) is 0 Å². The number of halogens is 2. The molecule has 2 fully saturated rings. The average Bonchev–Trinajstić information content (AvgIpc) is 3.11. The zero-order valence-electron chi connectivity index (χ0n) is 11.9. The highest BCUT2D eigenvalue weighted by molar-refractivity contribution is 5.86. The largest absolute Gasteiger partial charge is 0.342 e. The van der Waals surface area contributed by atoms with E-state index in [0.717, 1.165) is 19.8 Å². The first-order chi connectivity index (χ1) is 8.37. The quantitative estimate of drug-likeness (QED) is 0.742. The fourth-order valence-electron chi connectivity index (χ4n) is 2.64. The molecule has 2 rings (SSSR count). The van der Waals surface area contributed by atoms with Crippen molar-refractivity contribution in [2.75, 3.05) is 13.1 Å². The van der Waals surface area contributed by atoms with Gasteiger partial charge in [-0.05, 0) is 31.6 Å². The standard InChI is InChI=1S/C12H19F2NO.C2H6/c1-9-4-3-7-15(8-9)10(16)12(5-6-12)11(2,13)14;1-2/h9H,3-8H2,1-2H3;1-2H3/t9-;/m1./s1. The van der Waals surface area contributed by atoms with Gasteiger partial charge in [-0.25, -0.2) is 8.78 Å². The molecule has 1 aliphatic carbocycles. The van der Waals surface area contributed by atoms with Crippen LogP contribution in [0.15, 0.2) is 0 Å². The van der Waals surface area contributed by atoms with Crippen molar-refractivity contribution in [2.45, 2.75) is 59.3 Å². The number of hydrogen-bond acceptors (Lipinski definition) is 1. The van der Waals surface area contributed by atoms with Crippen molar-refractivity contribution < 1.29 is 13.6 Å². The summed E-state index contributed by atoms with van der Waals surface area (Å²) in [7, 11) is 0. The van der Waals surface area contributed by atoms with Gasteiger partial charge in [0.15, 0.2) is 0 Å². The van der Waals surface area contributed by atoms with Crippen LogP contribution < -0.4 is 0 Å². The van der Waals surface area contributed by atoms with Crippen molar-refractivity contribution in [1.82, 2.24) is 4.90 Å². The zero-order valence-corrected chi connectivity index (χ0v) is 11.9. The van der Waals surface area contributed by atoms with Gasteiger partial charge in [0.05, 0.1) is 0 Å². The molecule has 0 bridgehead atoms. The molecule has 0 N–H and O–H groups in total. The Morgan fingerprint density at radius 3 is 2.28 bits per heavy atom. The summed E-state index contributed by atoms with van der Waals surface area (Å²) < 4.78 is 26.8. The summed E-state index contributed by atoms with van der Waals surface area (Å²) in [5.74, 6) is -2.74. The molecule has 106 valence electrons. The number of carbonyl (C=O) groups excluding carboxylic acids is 1. The molecule has 4 heteroatoms. The fourth-order valence-corrected chi connectivity index (χ4v) is 2.64. The van der Waals surface area contributed by atoms with E-state index in [1.54, 1.807) is 4.90 Å². The lowest BCUT2D eigenvalue weighted by molar-refractivity contribution is -0.154. The molecule has 0 aromatic carbocycles. The minimum absolute atomic E-state index is 0.313. The minimum Gasteiger partial charge on any atom is -0.342 e. The van der Waals surface area contributed by atoms with Crippen LogP contribution in [-0.4, -0.2) is 29.8 Å². The molecule has 1 saturated carbocycles. The smallest absolute Gasteiger partial charge is 0.259 e. The summed E-state index contributed by atoms with van der Waals surface area (Å²) >= 11 is 0. The highest BCUT2D eigenvalue weighted by atomic mass is 19.3. The van der Waals surface area contributed by atoms with Crippen molar-refractivity contribution in [3.63, 3.8) is 0 Å². The van der Waals surface area contributed by atoms with E-state index in [1.807, 2.05) is 13.8 Å². The summed E-state index contributed by atoms with van der Waals surface area (Å²) in [5.41, 5.74) is -1.36. The molecule has 0 aromatic heterocycles. The maximum absolute atomic E-state index is 13.4. The molecule has 1 heterocycles. The number of alkyl halides is 2. The SMILES string of the molecule is CC.C[C@@H]1CCCN(C(=O)C2(C(C)(F)F)CC2)C1. The van der Waals surface area contributed by atoms with Crippen molar-refractivity contribution in [2.24, 2.45) is 11.3 Å². The molecule has 1 atom stereocenters. The fraction of sp³-hybridized carbons (Fsp3) is 0.929. The Hall–Kier alpha value is -0.670. The third kappa shape index (κ3) is 2.83. The summed E-state index contributed by atoms with van der Waals surface area (Å²) in [6.45, 7) is 8.26. The number of rotatable bonds is 2. The van der Waals surface area contributed by atoms with E-state index in [9.17, 15) is 13.6 Å². The number of nitrogens with zero attached hydrogens (tertiary/aromatic N) is 1. The second kappa shape index (κ2) is 5.54. The van der Waals surface area contributed by atoms with Gasteiger partial charge in [-0.2, -0.15) is 0 Å². The third-order valence-electron chi connectivity index (χ3n) is 3.94. The highest BCUT2D eigenvalue weighted by Crippen LogP contribution is 2.57. The Kier molecular flexibility index (Phi) is 4.73. The lowest BCUT2D eigenvalue weighted by atomic mass is 9.94. The van der Waals surface area contributed by atoms with Gasteiger partial charge in [0.25, 0.3) is 5.92 Å².